The Kier molecular flexibility index (Phi) is 6.82. The predicted octanol–water partition coefficient (Wildman–Crippen LogP) is 2.14. The lowest BCUT2D eigenvalue weighted by Crippen LogP contribution is -2.36. The minimum Gasteiger partial charge on any atom is -0.379 e. The largest absolute Gasteiger partial charge is 0.379 e. The number of hydrogen-bond acceptors (Lipinski definition) is 3. The van der Waals surface area contributed by atoms with E-state index >= 15 is 0 Å². The van der Waals surface area contributed by atoms with Crippen LogP contribution in [0.1, 0.15) is 27.2 Å². The van der Waals surface area contributed by atoms with Gasteiger partial charge in [0.1, 0.15) is 0 Å². The molecule has 0 aliphatic carbocycles. The quantitative estimate of drug-likeness (QED) is 0.643. The zero-order valence-corrected chi connectivity index (χ0v) is 10.3. The smallest absolute Gasteiger partial charge is 0.0637 e. The molecule has 1 N–H and O–H groups in total. The Hall–Kier alpha value is 0.270. The number of methoxy groups -OCH3 is 1. The van der Waals surface area contributed by atoms with E-state index in [9.17, 15) is 0 Å². The second kappa shape index (κ2) is 6.68. The Labute approximate surface area is 86.8 Å². The number of nitrogens with one attached hydrogen (secondary N) is 1. The van der Waals surface area contributed by atoms with Crippen molar-refractivity contribution >= 4 is 11.8 Å². The van der Waals surface area contributed by atoms with Gasteiger partial charge in [0.05, 0.1) is 5.60 Å². The highest BCUT2D eigenvalue weighted by Crippen LogP contribution is 2.15. The van der Waals surface area contributed by atoms with Crippen LogP contribution in [-0.2, 0) is 4.74 Å². The molecule has 0 aromatic rings. The van der Waals surface area contributed by atoms with Gasteiger partial charge in [0.15, 0.2) is 0 Å². The molecule has 0 saturated heterocycles. The molecule has 0 saturated carbocycles. The molecule has 80 valence electrons. The molecule has 1 unspecified atom stereocenters. The van der Waals surface area contributed by atoms with Gasteiger partial charge < -0.3 is 10.1 Å². The summed E-state index contributed by atoms with van der Waals surface area (Å²) in [5.74, 6) is 1.18. The molecule has 0 rings (SSSR count). The average Bonchev–Trinajstić information content (AvgIpc) is 2.04. The normalized spacial score (nSPS) is 14.5. The standard InChI is InChI=1S/C10H23NOS/c1-9(11-6-7-13-5)8-10(2,3)12-4/h9,11H,6-8H2,1-5H3. The van der Waals surface area contributed by atoms with Gasteiger partial charge in [0, 0.05) is 25.4 Å². The highest BCUT2D eigenvalue weighted by Gasteiger charge is 2.19. The summed E-state index contributed by atoms with van der Waals surface area (Å²) in [6.45, 7) is 7.54. The van der Waals surface area contributed by atoms with Crippen molar-refractivity contribution in [2.45, 2.75) is 38.8 Å². The fourth-order valence-corrected chi connectivity index (χ4v) is 1.62. The summed E-state index contributed by atoms with van der Waals surface area (Å²) in [5, 5.41) is 3.47. The van der Waals surface area contributed by atoms with E-state index in [1.807, 2.05) is 11.8 Å². The molecule has 0 heterocycles. The molecule has 0 fully saturated rings. The maximum absolute atomic E-state index is 5.37. The summed E-state index contributed by atoms with van der Waals surface area (Å²) in [4.78, 5) is 0. The second-order valence-electron chi connectivity index (χ2n) is 4.02. The topological polar surface area (TPSA) is 21.3 Å². The zero-order chi connectivity index (χ0) is 10.3. The van der Waals surface area contributed by atoms with Crippen LogP contribution < -0.4 is 5.32 Å². The summed E-state index contributed by atoms with van der Waals surface area (Å²) in [5.41, 5.74) is -0.00816. The van der Waals surface area contributed by atoms with E-state index < -0.39 is 0 Å². The molecular weight excluding hydrogens is 182 g/mol. The van der Waals surface area contributed by atoms with E-state index in [2.05, 4.69) is 32.3 Å². The molecular formula is C10H23NOS. The third kappa shape index (κ3) is 7.35. The zero-order valence-electron chi connectivity index (χ0n) is 9.52. The van der Waals surface area contributed by atoms with Crippen molar-refractivity contribution in [2.24, 2.45) is 0 Å². The Morgan fingerprint density at radius 2 is 2.08 bits per heavy atom. The first-order valence-electron chi connectivity index (χ1n) is 4.79. The minimum atomic E-state index is -0.00816. The molecule has 2 nitrogen and oxygen atoms in total. The summed E-state index contributed by atoms with van der Waals surface area (Å²) in [6.07, 6.45) is 3.18. The van der Waals surface area contributed by atoms with Crippen LogP contribution in [0, 0.1) is 0 Å². The van der Waals surface area contributed by atoms with Gasteiger partial charge in [-0.05, 0) is 33.4 Å². The molecule has 0 spiro atoms. The molecule has 0 aliphatic rings. The molecule has 0 radical (unpaired) electrons. The van der Waals surface area contributed by atoms with Crippen LogP contribution in [0.15, 0.2) is 0 Å². The van der Waals surface area contributed by atoms with Crippen LogP contribution in [0.5, 0.6) is 0 Å². The lowest BCUT2D eigenvalue weighted by molar-refractivity contribution is 0.00876. The fourth-order valence-electron chi connectivity index (χ4n) is 1.30. The SMILES string of the molecule is COC(C)(C)CC(C)NCCSC. The first-order chi connectivity index (χ1) is 6.02. The van der Waals surface area contributed by atoms with Gasteiger partial charge in [-0.2, -0.15) is 11.8 Å². The molecule has 0 amide bonds. The Morgan fingerprint density at radius 3 is 2.54 bits per heavy atom. The Balaban J connectivity index is 3.55. The summed E-state index contributed by atoms with van der Waals surface area (Å²) < 4.78 is 5.37. The van der Waals surface area contributed by atoms with Crippen molar-refractivity contribution in [1.82, 2.24) is 5.32 Å². The van der Waals surface area contributed by atoms with Crippen molar-refractivity contribution in [1.29, 1.82) is 0 Å². The lowest BCUT2D eigenvalue weighted by Gasteiger charge is -2.27. The minimum absolute atomic E-state index is 0.00816. The lowest BCUT2D eigenvalue weighted by atomic mass is 10.00. The van der Waals surface area contributed by atoms with Gasteiger partial charge in [-0.3, -0.25) is 0 Å². The molecule has 1 atom stereocenters. The Morgan fingerprint density at radius 1 is 1.46 bits per heavy atom. The summed E-state index contributed by atoms with van der Waals surface area (Å²) >= 11 is 1.87. The summed E-state index contributed by atoms with van der Waals surface area (Å²) in [6, 6.07) is 0.530. The van der Waals surface area contributed by atoms with E-state index in [0.29, 0.717) is 6.04 Å². The second-order valence-corrected chi connectivity index (χ2v) is 5.00. The van der Waals surface area contributed by atoms with E-state index in [1.165, 1.54) is 5.75 Å². The van der Waals surface area contributed by atoms with Gasteiger partial charge in [-0.15, -0.1) is 0 Å². The maximum Gasteiger partial charge on any atom is 0.0637 e. The van der Waals surface area contributed by atoms with Crippen LogP contribution in [-0.4, -0.2) is 37.3 Å². The van der Waals surface area contributed by atoms with Crippen LogP contribution >= 0.6 is 11.8 Å². The van der Waals surface area contributed by atoms with Gasteiger partial charge in [-0.1, -0.05) is 0 Å². The number of thioether (sulfide) groups is 1. The van der Waals surface area contributed by atoms with Gasteiger partial charge in [-0.25, -0.2) is 0 Å². The van der Waals surface area contributed by atoms with Crippen molar-refractivity contribution in [3.8, 4) is 0 Å². The first-order valence-corrected chi connectivity index (χ1v) is 6.18. The highest BCUT2D eigenvalue weighted by molar-refractivity contribution is 7.98. The fraction of sp³-hybridized carbons (Fsp3) is 1.00. The molecule has 0 aromatic carbocycles. The monoisotopic (exact) mass is 205 g/mol. The van der Waals surface area contributed by atoms with Crippen molar-refractivity contribution < 1.29 is 4.74 Å². The van der Waals surface area contributed by atoms with Crippen LogP contribution in [0.4, 0.5) is 0 Å². The molecule has 13 heavy (non-hydrogen) atoms. The van der Waals surface area contributed by atoms with Gasteiger partial charge in [0.25, 0.3) is 0 Å². The van der Waals surface area contributed by atoms with Crippen LogP contribution in [0.2, 0.25) is 0 Å². The Bertz CT molecular complexity index is 128. The maximum atomic E-state index is 5.37. The average molecular weight is 205 g/mol. The van der Waals surface area contributed by atoms with E-state index in [-0.39, 0.29) is 5.60 Å². The molecule has 0 aromatic heterocycles. The molecule has 0 bridgehead atoms. The number of hydrogen-bond donors (Lipinski definition) is 1. The molecule has 0 aliphatic heterocycles. The predicted molar refractivity (Wildman–Crippen MR) is 61.6 cm³/mol. The molecule has 3 heteroatoms. The van der Waals surface area contributed by atoms with Crippen molar-refractivity contribution in [2.75, 3.05) is 25.7 Å². The number of rotatable bonds is 7. The third-order valence-corrected chi connectivity index (χ3v) is 2.76. The van der Waals surface area contributed by atoms with Crippen LogP contribution in [0.25, 0.3) is 0 Å². The number of ether oxygens (including phenoxy) is 1. The van der Waals surface area contributed by atoms with Crippen molar-refractivity contribution in [3.05, 3.63) is 0 Å². The van der Waals surface area contributed by atoms with E-state index in [4.69, 9.17) is 4.74 Å². The van der Waals surface area contributed by atoms with E-state index in [0.717, 1.165) is 13.0 Å². The van der Waals surface area contributed by atoms with E-state index in [1.54, 1.807) is 7.11 Å². The van der Waals surface area contributed by atoms with Gasteiger partial charge >= 0.3 is 0 Å². The third-order valence-electron chi connectivity index (χ3n) is 2.15. The van der Waals surface area contributed by atoms with Crippen LogP contribution in [0.3, 0.4) is 0 Å². The van der Waals surface area contributed by atoms with Crippen molar-refractivity contribution in [3.63, 3.8) is 0 Å². The van der Waals surface area contributed by atoms with Gasteiger partial charge in [0.2, 0.25) is 0 Å². The first kappa shape index (κ1) is 13.3. The highest BCUT2D eigenvalue weighted by atomic mass is 32.2. The summed E-state index contributed by atoms with van der Waals surface area (Å²) in [7, 11) is 1.77.